The minimum absolute atomic E-state index is 0.100. The number of rotatable bonds is 3. The highest BCUT2D eigenvalue weighted by Crippen LogP contribution is 2.22. The summed E-state index contributed by atoms with van der Waals surface area (Å²) in [7, 11) is 0. The van der Waals surface area contributed by atoms with E-state index in [-0.39, 0.29) is 10.6 Å². The molecule has 0 bridgehead atoms. The molecule has 0 atom stereocenters. The van der Waals surface area contributed by atoms with Crippen LogP contribution in [0.1, 0.15) is 26.5 Å². The van der Waals surface area contributed by atoms with Crippen LogP contribution in [0.2, 0.25) is 5.02 Å². The molecule has 0 saturated carbocycles. The number of hydrogen-bond acceptors (Lipinski definition) is 3. The maximum Gasteiger partial charge on any atom is 0.164 e. The topological polar surface area (TPSA) is 42.7 Å². The molecule has 1 N–H and O–H groups in total. The maximum atomic E-state index is 13.7. The molecule has 0 saturated heterocycles. The van der Waals surface area contributed by atoms with Gasteiger partial charge in [0.05, 0.1) is 29.0 Å². The van der Waals surface area contributed by atoms with Gasteiger partial charge in [-0.25, -0.2) is 9.07 Å². The summed E-state index contributed by atoms with van der Waals surface area (Å²) in [5.41, 5.74) is 0.985. The molecule has 0 aliphatic carbocycles. The molecule has 2 aromatic rings. The molecular weight excluding hydrogens is 267 g/mol. The summed E-state index contributed by atoms with van der Waals surface area (Å²) in [5, 5.41) is 11.2. The van der Waals surface area contributed by atoms with Crippen molar-refractivity contribution in [3.05, 3.63) is 40.9 Å². The predicted octanol–water partition coefficient (Wildman–Crippen LogP) is 3.44. The van der Waals surface area contributed by atoms with Crippen LogP contribution in [0.25, 0.3) is 0 Å². The van der Waals surface area contributed by atoms with E-state index >= 15 is 0 Å². The third-order valence-corrected chi connectivity index (χ3v) is 2.93. The van der Waals surface area contributed by atoms with Crippen LogP contribution in [0.5, 0.6) is 0 Å². The van der Waals surface area contributed by atoms with Crippen molar-refractivity contribution < 1.29 is 4.39 Å². The third kappa shape index (κ3) is 3.23. The van der Waals surface area contributed by atoms with Gasteiger partial charge in [0.1, 0.15) is 5.69 Å². The van der Waals surface area contributed by atoms with Crippen molar-refractivity contribution in [2.24, 2.45) is 0 Å². The van der Waals surface area contributed by atoms with Gasteiger partial charge < -0.3 is 5.32 Å². The lowest BCUT2D eigenvalue weighted by molar-refractivity contribution is 0.347. The van der Waals surface area contributed by atoms with Crippen LogP contribution in [-0.4, -0.2) is 15.0 Å². The summed E-state index contributed by atoms with van der Waals surface area (Å²) in [6.45, 7) is 6.51. The van der Waals surface area contributed by atoms with Gasteiger partial charge in [0.15, 0.2) is 5.82 Å². The molecule has 0 fully saturated rings. The fraction of sp³-hybridized carbons (Fsp3) is 0.385. The lowest BCUT2D eigenvalue weighted by atomic mass is 10.1. The molecule has 6 heteroatoms. The molecule has 19 heavy (non-hydrogen) atoms. The molecule has 0 spiro atoms. The highest BCUT2D eigenvalue weighted by Gasteiger charge is 2.15. The molecule has 0 aliphatic heterocycles. The average Bonchev–Trinajstić information content (AvgIpc) is 2.79. The highest BCUT2D eigenvalue weighted by molar-refractivity contribution is 6.31. The average molecular weight is 283 g/mol. The molecule has 1 aromatic heterocycles. The lowest BCUT2D eigenvalue weighted by Gasteiger charge is -2.17. The molecule has 0 aliphatic rings. The van der Waals surface area contributed by atoms with Gasteiger partial charge >= 0.3 is 0 Å². The van der Waals surface area contributed by atoms with Crippen molar-refractivity contribution in [1.82, 2.24) is 15.0 Å². The zero-order chi connectivity index (χ0) is 14.0. The van der Waals surface area contributed by atoms with E-state index in [1.54, 1.807) is 16.8 Å². The Labute approximate surface area is 116 Å². The predicted molar refractivity (Wildman–Crippen MR) is 73.8 cm³/mol. The molecule has 4 nitrogen and oxygen atoms in total. The number of aromatic nitrogens is 3. The van der Waals surface area contributed by atoms with Gasteiger partial charge in [-0.1, -0.05) is 22.9 Å². The highest BCUT2D eigenvalue weighted by atomic mass is 35.5. The molecule has 0 radical (unpaired) electrons. The zero-order valence-electron chi connectivity index (χ0n) is 11.1. The maximum absolute atomic E-state index is 13.7. The van der Waals surface area contributed by atoms with Crippen LogP contribution >= 0.6 is 11.6 Å². The second-order valence-corrected chi connectivity index (χ2v) is 5.69. The monoisotopic (exact) mass is 282 g/mol. The second-order valence-electron chi connectivity index (χ2n) is 5.28. The number of nitrogens with zero attached hydrogens (tertiary/aromatic N) is 3. The Hall–Kier alpha value is -1.62. The first-order valence-corrected chi connectivity index (χ1v) is 6.35. The van der Waals surface area contributed by atoms with E-state index in [2.05, 4.69) is 15.6 Å². The van der Waals surface area contributed by atoms with Crippen LogP contribution in [0.15, 0.2) is 24.4 Å². The van der Waals surface area contributed by atoms with Gasteiger partial charge in [0.25, 0.3) is 0 Å². The van der Waals surface area contributed by atoms with Crippen molar-refractivity contribution >= 4 is 17.3 Å². The Morgan fingerprint density at radius 3 is 2.74 bits per heavy atom. The first-order chi connectivity index (χ1) is 8.88. The van der Waals surface area contributed by atoms with Crippen molar-refractivity contribution in [2.45, 2.75) is 32.9 Å². The van der Waals surface area contributed by atoms with Gasteiger partial charge in [0.2, 0.25) is 0 Å². The van der Waals surface area contributed by atoms with E-state index in [9.17, 15) is 4.39 Å². The number of halogens is 2. The van der Waals surface area contributed by atoms with Crippen LogP contribution in [0, 0.1) is 5.82 Å². The minimum Gasteiger partial charge on any atom is -0.377 e. The van der Waals surface area contributed by atoms with Gasteiger partial charge in [-0.2, -0.15) is 0 Å². The van der Waals surface area contributed by atoms with Crippen LogP contribution < -0.4 is 5.32 Å². The Morgan fingerprint density at radius 1 is 1.37 bits per heavy atom. The summed E-state index contributed by atoms with van der Waals surface area (Å²) in [6, 6.07) is 4.84. The molecule has 0 amide bonds. The molecule has 1 heterocycles. The summed E-state index contributed by atoms with van der Waals surface area (Å²) in [6.07, 6.45) is 1.84. The van der Waals surface area contributed by atoms with Crippen molar-refractivity contribution in [3.8, 4) is 0 Å². The zero-order valence-corrected chi connectivity index (χ0v) is 11.9. The molecule has 2 rings (SSSR count). The largest absolute Gasteiger partial charge is 0.377 e. The summed E-state index contributed by atoms with van der Waals surface area (Å²) < 4.78 is 15.4. The van der Waals surface area contributed by atoms with Crippen molar-refractivity contribution in [2.75, 3.05) is 5.32 Å². The van der Waals surface area contributed by atoms with E-state index in [1.165, 1.54) is 6.07 Å². The molecule has 1 aromatic carbocycles. The van der Waals surface area contributed by atoms with E-state index in [1.807, 2.05) is 27.0 Å². The van der Waals surface area contributed by atoms with Crippen LogP contribution in [0.3, 0.4) is 0 Å². The second kappa shape index (κ2) is 5.17. The summed E-state index contributed by atoms with van der Waals surface area (Å²) in [5.74, 6) is -0.452. The minimum atomic E-state index is -0.452. The Kier molecular flexibility index (Phi) is 3.75. The first-order valence-electron chi connectivity index (χ1n) is 5.97. The van der Waals surface area contributed by atoms with Gasteiger partial charge in [-0.15, -0.1) is 5.10 Å². The van der Waals surface area contributed by atoms with E-state index in [0.29, 0.717) is 12.2 Å². The SMILES string of the molecule is CC(C)(C)n1cc(CNc2cccc(Cl)c2F)nn1. The quantitative estimate of drug-likeness (QED) is 0.938. The summed E-state index contributed by atoms with van der Waals surface area (Å²) >= 11 is 5.71. The Bertz CT molecular complexity index is 574. The van der Waals surface area contributed by atoms with Gasteiger partial charge in [0, 0.05) is 0 Å². The van der Waals surface area contributed by atoms with Crippen molar-refractivity contribution in [1.29, 1.82) is 0 Å². The molecular formula is C13H16ClFN4. The van der Waals surface area contributed by atoms with Gasteiger partial charge in [-0.3, -0.25) is 0 Å². The van der Waals surface area contributed by atoms with Crippen LogP contribution in [-0.2, 0) is 12.1 Å². The van der Waals surface area contributed by atoms with E-state index < -0.39 is 5.82 Å². The smallest absolute Gasteiger partial charge is 0.164 e. The third-order valence-electron chi connectivity index (χ3n) is 2.64. The number of benzene rings is 1. The first kappa shape index (κ1) is 13.8. The van der Waals surface area contributed by atoms with Crippen LogP contribution in [0.4, 0.5) is 10.1 Å². The fourth-order valence-corrected chi connectivity index (χ4v) is 1.71. The molecule has 0 unspecified atom stereocenters. The molecule has 102 valence electrons. The van der Waals surface area contributed by atoms with Crippen molar-refractivity contribution in [3.63, 3.8) is 0 Å². The normalized spacial score (nSPS) is 11.6. The standard InChI is InChI=1S/C13H16ClFN4/c1-13(2,3)19-8-9(17-18-19)7-16-11-6-4-5-10(14)12(11)15/h4-6,8,16H,7H2,1-3H3. The lowest BCUT2D eigenvalue weighted by Crippen LogP contribution is -2.22. The fourth-order valence-electron chi connectivity index (χ4n) is 1.53. The van der Waals surface area contributed by atoms with Gasteiger partial charge in [-0.05, 0) is 32.9 Å². The number of anilines is 1. The summed E-state index contributed by atoms with van der Waals surface area (Å²) in [4.78, 5) is 0. The van der Waals surface area contributed by atoms with E-state index in [4.69, 9.17) is 11.6 Å². The van der Waals surface area contributed by atoms with E-state index in [0.717, 1.165) is 5.69 Å². The Balaban J connectivity index is 2.07. The Morgan fingerprint density at radius 2 is 2.11 bits per heavy atom. The number of hydrogen-bond donors (Lipinski definition) is 1. The number of nitrogens with one attached hydrogen (secondary N) is 1.